The largest absolute Gasteiger partial charge is 0.490 e. The van der Waals surface area contributed by atoms with Crippen LogP contribution in [0.1, 0.15) is 67.6 Å². The van der Waals surface area contributed by atoms with E-state index in [9.17, 15) is 23.4 Å². The van der Waals surface area contributed by atoms with Crippen molar-refractivity contribution in [2.75, 3.05) is 43.4 Å². The molecule has 7 rings (SSSR count). The van der Waals surface area contributed by atoms with Gasteiger partial charge in [0, 0.05) is 32.0 Å². The topological polar surface area (TPSA) is 192 Å². The van der Waals surface area contributed by atoms with E-state index in [1.807, 2.05) is 23.6 Å². The van der Waals surface area contributed by atoms with Gasteiger partial charge in [0.15, 0.2) is 22.8 Å². The monoisotopic (exact) mass is 751 g/mol. The molecule has 15 nitrogen and oxygen atoms in total. The highest BCUT2D eigenvalue weighted by atomic mass is 19.4. The molecule has 1 saturated carbocycles. The summed E-state index contributed by atoms with van der Waals surface area (Å²) in [5, 5.41) is 49.2. The fraction of sp³-hybridized carbons (Fsp3) is 0.472. The van der Waals surface area contributed by atoms with Crippen molar-refractivity contribution in [2.45, 2.75) is 75.4 Å². The number of aryl methyl sites for hydroxylation is 1. The van der Waals surface area contributed by atoms with E-state index in [-0.39, 0.29) is 5.92 Å². The van der Waals surface area contributed by atoms with Crippen molar-refractivity contribution in [3.8, 4) is 0 Å². The standard InChI is InChI=1S/C34H43N11O2.C2HF3O2/c1-2-28-40-42-45(41-28)27-20-26(30(46)31(27)47)44-22-37-29-32(38-34(39-33(29)44)35-16-19-43-17-10-5-11-18-43)36-21-25(23-12-6-3-7-13-23)24-14-8-4-9-15-24;3-2(4,5)1(6)7/h3-4,6-9,12-15,22,25-27,30-31,46-47H,2,5,10-11,16-21H2,1H3,(H2,35,36,38,39);(H,6,7)/t26-,27+,30+,31-;/m1./s1. The van der Waals surface area contributed by atoms with Gasteiger partial charge in [-0.05, 0) is 48.7 Å². The third-order valence-electron chi connectivity index (χ3n) is 9.76. The third kappa shape index (κ3) is 9.11. The Morgan fingerprint density at radius 1 is 0.926 bits per heavy atom. The van der Waals surface area contributed by atoms with Crippen LogP contribution >= 0.6 is 0 Å². The van der Waals surface area contributed by atoms with Gasteiger partial charge in [0.05, 0.1) is 12.4 Å². The van der Waals surface area contributed by atoms with Gasteiger partial charge < -0.3 is 35.4 Å². The minimum absolute atomic E-state index is 0.0794. The van der Waals surface area contributed by atoms with Gasteiger partial charge in [-0.25, -0.2) is 9.78 Å². The first-order valence-corrected chi connectivity index (χ1v) is 18.0. The summed E-state index contributed by atoms with van der Waals surface area (Å²) >= 11 is 0. The number of nitrogens with one attached hydrogen (secondary N) is 2. The number of nitrogens with zero attached hydrogens (tertiary/aromatic N) is 9. The lowest BCUT2D eigenvalue weighted by Gasteiger charge is -2.26. The average Bonchev–Trinajstić information content (AvgIpc) is 3.90. The lowest BCUT2D eigenvalue weighted by atomic mass is 9.91. The molecule has 0 radical (unpaired) electrons. The second-order valence-corrected chi connectivity index (χ2v) is 13.3. The number of carboxylic acids is 1. The molecular weight excluding hydrogens is 707 g/mol. The highest BCUT2D eigenvalue weighted by Crippen LogP contribution is 2.39. The van der Waals surface area contributed by atoms with E-state index in [2.05, 4.69) is 79.5 Å². The summed E-state index contributed by atoms with van der Waals surface area (Å²) < 4.78 is 33.6. The second-order valence-electron chi connectivity index (χ2n) is 13.3. The van der Waals surface area contributed by atoms with Gasteiger partial charge in [-0.3, -0.25) is 0 Å². The quantitative estimate of drug-likeness (QED) is 0.123. The molecule has 1 aliphatic heterocycles. The van der Waals surface area contributed by atoms with Crippen molar-refractivity contribution in [1.82, 2.24) is 44.6 Å². The molecule has 5 aromatic rings. The van der Waals surface area contributed by atoms with Gasteiger partial charge in [-0.15, -0.1) is 10.2 Å². The molecule has 4 heterocycles. The van der Waals surface area contributed by atoms with Gasteiger partial charge >= 0.3 is 12.1 Å². The van der Waals surface area contributed by atoms with Crippen molar-refractivity contribution in [3.63, 3.8) is 0 Å². The molecule has 0 bridgehead atoms. The summed E-state index contributed by atoms with van der Waals surface area (Å²) in [6.45, 7) is 6.39. The first-order chi connectivity index (χ1) is 26.0. The van der Waals surface area contributed by atoms with E-state index in [4.69, 9.17) is 24.9 Å². The maximum absolute atomic E-state index is 11.3. The number of hydrogen-bond donors (Lipinski definition) is 5. The number of aliphatic carboxylic acids is 1. The van der Waals surface area contributed by atoms with E-state index >= 15 is 0 Å². The zero-order valence-electron chi connectivity index (χ0n) is 29.7. The highest BCUT2D eigenvalue weighted by molar-refractivity contribution is 5.84. The Kier molecular flexibility index (Phi) is 12.3. The van der Waals surface area contributed by atoms with E-state index in [0.29, 0.717) is 54.7 Å². The summed E-state index contributed by atoms with van der Waals surface area (Å²) in [4.78, 5) is 27.4. The number of carbonyl (C=O) groups is 1. The summed E-state index contributed by atoms with van der Waals surface area (Å²) in [5.41, 5.74) is 3.58. The van der Waals surface area contributed by atoms with E-state index in [1.54, 1.807) is 6.33 Å². The molecule has 54 heavy (non-hydrogen) atoms. The molecule has 0 unspecified atom stereocenters. The third-order valence-corrected chi connectivity index (χ3v) is 9.76. The second kappa shape index (κ2) is 17.3. The fourth-order valence-electron chi connectivity index (χ4n) is 6.90. The number of rotatable bonds is 12. The number of anilines is 2. The Morgan fingerprint density at radius 3 is 2.15 bits per heavy atom. The van der Waals surface area contributed by atoms with E-state index in [1.165, 1.54) is 35.2 Å². The normalized spacial score (nSPS) is 20.5. The first-order valence-electron chi connectivity index (χ1n) is 18.0. The van der Waals surface area contributed by atoms with Gasteiger partial charge in [0.1, 0.15) is 18.2 Å². The van der Waals surface area contributed by atoms with Gasteiger partial charge in [-0.2, -0.15) is 27.9 Å². The molecule has 1 saturated heterocycles. The van der Waals surface area contributed by atoms with Crippen LogP contribution in [0.3, 0.4) is 0 Å². The van der Waals surface area contributed by atoms with Crippen molar-refractivity contribution in [2.24, 2.45) is 0 Å². The molecule has 18 heteroatoms. The van der Waals surface area contributed by atoms with Crippen LogP contribution in [0.4, 0.5) is 24.9 Å². The smallest absolute Gasteiger partial charge is 0.475 e. The van der Waals surface area contributed by atoms with E-state index in [0.717, 1.165) is 19.6 Å². The Balaban J connectivity index is 0.000000649. The Hall–Kier alpha value is -5.20. The maximum Gasteiger partial charge on any atom is 0.490 e. The molecular formula is C36H44F3N11O4. The summed E-state index contributed by atoms with van der Waals surface area (Å²) in [6.07, 6.45) is -0.751. The number of imidazole rings is 1. The number of likely N-dealkylation sites (tertiary alicyclic amines) is 1. The van der Waals surface area contributed by atoms with Crippen LogP contribution in [0.2, 0.25) is 0 Å². The predicted octanol–water partition coefficient (Wildman–Crippen LogP) is 4.06. The number of carboxylic acid groups (broad SMARTS) is 1. The van der Waals surface area contributed by atoms with Crippen LogP contribution < -0.4 is 10.6 Å². The summed E-state index contributed by atoms with van der Waals surface area (Å²) in [5.74, 6) is -0.981. The minimum Gasteiger partial charge on any atom is -0.475 e. The molecule has 0 amide bonds. The van der Waals surface area contributed by atoms with Crippen LogP contribution in [0, 0.1) is 0 Å². The molecule has 3 aromatic heterocycles. The van der Waals surface area contributed by atoms with Crippen LogP contribution in [0.25, 0.3) is 11.2 Å². The van der Waals surface area contributed by atoms with Crippen LogP contribution in [-0.4, -0.2) is 117 Å². The van der Waals surface area contributed by atoms with Gasteiger partial charge in [0.25, 0.3) is 0 Å². The van der Waals surface area contributed by atoms with Gasteiger partial charge in [-0.1, -0.05) is 74.0 Å². The van der Waals surface area contributed by atoms with Gasteiger partial charge in [0.2, 0.25) is 5.95 Å². The lowest BCUT2D eigenvalue weighted by Crippen LogP contribution is -2.34. The molecule has 2 fully saturated rings. The predicted molar refractivity (Wildman–Crippen MR) is 193 cm³/mol. The average molecular weight is 752 g/mol. The van der Waals surface area contributed by atoms with Crippen LogP contribution in [-0.2, 0) is 11.2 Å². The molecule has 2 aliphatic rings. The molecule has 288 valence electrons. The zero-order valence-corrected chi connectivity index (χ0v) is 29.7. The number of hydrogen-bond acceptors (Lipinski definition) is 12. The first kappa shape index (κ1) is 38.5. The Labute approximate surface area is 309 Å². The van der Waals surface area contributed by atoms with E-state index < -0.39 is 36.4 Å². The summed E-state index contributed by atoms with van der Waals surface area (Å²) in [6, 6.07) is 19.9. The number of alkyl halides is 3. The number of halogens is 3. The maximum atomic E-state index is 11.3. The van der Waals surface area contributed by atoms with Crippen LogP contribution in [0.15, 0.2) is 67.0 Å². The zero-order chi connectivity index (χ0) is 38.2. The number of fused-ring (bicyclic) bond motifs is 1. The number of tetrazole rings is 1. The molecule has 4 atom stereocenters. The number of aliphatic hydroxyl groups is 2. The SMILES string of the molecule is CCc1nnn([C@H]2C[C@@H](n3cnc4c(NCC(c5ccccc5)c5ccccc5)nc(NCCN5CCCCC5)nc43)[C@H](O)[C@@H]2O)n1.O=C(O)C(F)(F)F. The number of benzene rings is 2. The Morgan fingerprint density at radius 2 is 1.56 bits per heavy atom. The lowest BCUT2D eigenvalue weighted by molar-refractivity contribution is -0.192. The number of aromatic nitrogens is 8. The van der Waals surface area contributed by atoms with Crippen molar-refractivity contribution in [1.29, 1.82) is 0 Å². The molecule has 1 aliphatic carbocycles. The fourth-order valence-corrected chi connectivity index (χ4v) is 6.90. The highest BCUT2D eigenvalue weighted by Gasteiger charge is 2.45. The van der Waals surface area contributed by atoms with Crippen molar-refractivity contribution in [3.05, 3.63) is 83.9 Å². The van der Waals surface area contributed by atoms with Crippen molar-refractivity contribution >= 4 is 28.9 Å². The summed E-state index contributed by atoms with van der Waals surface area (Å²) in [7, 11) is 0. The number of piperidine rings is 1. The Bertz CT molecular complexity index is 1920. The number of aliphatic hydroxyl groups excluding tert-OH is 2. The molecule has 2 aromatic carbocycles. The molecule has 5 N–H and O–H groups in total. The molecule has 0 spiro atoms. The van der Waals surface area contributed by atoms with Crippen molar-refractivity contribution < 1.29 is 33.3 Å². The van der Waals surface area contributed by atoms with Crippen LogP contribution in [0.5, 0.6) is 0 Å². The minimum atomic E-state index is -5.08.